The lowest BCUT2D eigenvalue weighted by Gasteiger charge is -2.30. The molecule has 0 spiro atoms. The molecule has 0 atom stereocenters. The van der Waals surface area contributed by atoms with Crippen molar-refractivity contribution in [2.75, 3.05) is 23.4 Å². The minimum Gasteiger partial charge on any atom is -0.480 e. The summed E-state index contributed by atoms with van der Waals surface area (Å²) in [6.45, 7) is 1.91. The highest BCUT2D eigenvalue weighted by Crippen LogP contribution is 2.33. The maximum atomic E-state index is 13.5. The summed E-state index contributed by atoms with van der Waals surface area (Å²) < 4.78 is 23.8. The van der Waals surface area contributed by atoms with Gasteiger partial charge in [-0.25, -0.2) is 14.0 Å². The summed E-state index contributed by atoms with van der Waals surface area (Å²) in [6, 6.07) is 10.7. The van der Waals surface area contributed by atoms with Crippen molar-refractivity contribution in [3.63, 3.8) is 0 Å². The second kappa shape index (κ2) is 7.21. The van der Waals surface area contributed by atoms with Gasteiger partial charge in [-0.2, -0.15) is 0 Å². The summed E-state index contributed by atoms with van der Waals surface area (Å²) in [6.07, 6.45) is 0. The first-order chi connectivity index (χ1) is 12.1. The van der Waals surface area contributed by atoms with Crippen LogP contribution >= 0.6 is 0 Å². The predicted molar refractivity (Wildman–Crippen MR) is 90.2 cm³/mol. The van der Waals surface area contributed by atoms with Gasteiger partial charge in [-0.15, -0.1) is 0 Å². The van der Waals surface area contributed by atoms with E-state index in [0.717, 1.165) is 0 Å². The Balaban J connectivity index is 1.84. The monoisotopic (exact) mass is 344 g/mol. The van der Waals surface area contributed by atoms with Crippen molar-refractivity contribution in [2.24, 2.45) is 0 Å². The van der Waals surface area contributed by atoms with Gasteiger partial charge in [0.25, 0.3) is 0 Å². The van der Waals surface area contributed by atoms with E-state index in [9.17, 15) is 14.0 Å². The van der Waals surface area contributed by atoms with Gasteiger partial charge in [0.1, 0.15) is 11.6 Å². The number of hydrogen-bond acceptors (Lipinski definition) is 4. The van der Waals surface area contributed by atoms with Crippen molar-refractivity contribution in [3.8, 4) is 5.75 Å². The summed E-state index contributed by atoms with van der Waals surface area (Å²) in [4.78, 5) is 25.3. The number of ether oxygens (including phenoxy) is 2. The summed E-state index contributed by atoms with van der Waals surface area (Å²) in [5, 5.41) is 2.72. The van der Waals surface area contributed by atoms with E-state index < -0.39 is 5.97 Å². The molecule has 1 N–H and O–H groups in total. The Kier molecular flexibility index (Phi) is 4.83. The van der Waals surface area contributed by atoms with Gasteiger partial charge in [-0.3, -0.25) is 4.90 Å². The number of esters is 1. The molecule has 1 heterocycles. The van der Waals surface area contributed by atoms with Crippen molar-refractivity contribution >= 4 is 23.4 Å². The highest BCUT2D eigenvalue weighted by Gasteiger charge is 2.26. The normalized spacial score (nSPS) is 13.0. The number of urea groups is 1. The maximum absolute atomic E-state index is 13.5. The molecule has 2 amide bonds. The number of carbonyl (C=O) groups excluding carboxylic acids is 2. The van der Waals surface area contributed by atoms with Crippen molar-refractivity contribution in [2.45, 2.75) is 13.5 Å². The molecule has 1 aliphatic rings. The first kappa shape index (κ1) is 16.8. The highest BCUT2D eigenvalue weighted by atomic mass is 19.1. The van der Waals surface area contributed by atoms with Gasteiger partial charge in [0.15, 0.2) is 6.61 Å². The van der Waals surface area contributed by atoms with Gasteiger partial charge in [0, 0.05) is 5.69 Å². The SMILES string of the molecule is CCOC(=O)COc1ccccc1N1Cc2cc(F)ccc2NC1=O. The van der Waals surface area contributed by atoms with E-state index in [4.69, 9.17) is 9.47 Å². The molecule has 3 rings (SSSR count). The lowest BCUT2D eigenvalue weighted by Crippen LogP contribution is -2.39. The van der Waals surface area contributed by atoms with Crippen LogP contribution in [0.2, 0.25) is 0 Å². The number of fused-ring (bicyclic) bond motifs is 1. The number of anilines is 2. The van der Waals surface area contributed by atoms with E-state index >= 15 is 0 Å². The minimum atomic E-state index is -0.493. The van der Waals surface area contributed by atoms with Gasteiger partial charge in [0.05, 0.1) is 18.8 Å². The molecular weight excluding hydrogens is 327 g/mol. The van der Waals surface area contributed by atoms with Crippen LogP contribution in [0.3, 0.4) is 0 Å². The lowest BCUT2D eigenvalue weighted by atomic mass is 10.1. The minimum absolute atomic E-state index is 0.193. The molecule has 2 aromatic rings. The molecule has 6 nitrogen and oxygen atoms in total. The number of hydrogen-bond donors (Lipinski definition) is 1. The molecular formula is C18H17FN2O4. The number of halogens is 1. The van der Waals surface area contributed by atoms with Gasteiger partial charge >= 0.3 is 12.0 Å². The van der Waals surface area contributed by atoms with Crippen LogP contribution in [0, 0.1) is 5.82 Å². The molecule has 0 saturated carbocycles. The third-order valence-corrected chi connectivity index (χ3v) is 3.69. The number of rotatable bonds is 5. The molecule has 0 aliphatic carbocycles. The summed E-state index contributed by atoms with van der Waals surface area (Å²) in [5.74, 6) is -0.500. The van der Waals surface area contributed by atoms with Crippen LogP contribution in [-0.4, -0.2) is 25.2 Å². The molecule has 0 aromatic heterocycles. The van der Waals surface area contributed by atoms with E-state index in [1.165, 1.54) is 23.1 Å². The van der Waals surface area contributed by atoms with Crippen molar-refractivity contribution < 1.29 is 23.5 Å². The van der Waals surface area contributed by atoms with Crippen LogP contribution in [0.5, 0.6) is 5.75 Å². The van der Waals surface area contributed by atoms with E-state index in [2.05, 4.69) is 5.32 Å². The topological polar surface area (TPSA) is 67.9 Å². The lowest BCUT2D eigenvalue weighted by molar-refractivity contribution is -0.145. The van der Waals surface area contributed by atoms with Crippen LogP contribution in [0.25, 0.3) is 0 Å². The van der Waals surface area contributed by atoms with Gasteiger partial charge < -0.3 is 14.8 Å². The number of carbonyl (C=O) groups is 2. The van der Waals surface area contributed by atoms with E-state index in [1.807, 2.05) is 0 Å². The average molecular weight is 344 g/mol. The van der Waals surface area contributed by atoms with E-state index in [-0.39, 0.29) is 31.6 Å². The van der Waals surface area contributed by atoms with E-state index in [1.54, 1.807) is 31.2 Å². The first-order valence-corrected chi connectivity index (χ1v) is 7.83. The second-order valence-corrected chi connectivity index (χ2v) is 5.38. The zero-order chi connectivity index (χ0) is 17.8. The van der Waals surface area contributed by atoms with Crippen molar-refractivity contribution in [1.82, 2.24) is 0 Å². The smallest absolute Gasteiger partial charge is 0.344 e. The summed E-state index contributed by atoms with van der Waals surface area (Å²) in [7, 11) is 0. The fourth-order valence-electron chi connectivity index (χ4n) is 2.58. The fraction of sp³-hybridized carbons (Fsp3) is 0.222. The number of amides is 2. The standard InChI is InChI=1S/C18H17FN2O4/c1-2-24-17(22)11-25-16-6-4-3-5-15(16)21-10-12-9-13(19)7-8-14(12)20-18(21)23/h3-9H,2,10-11H2,1H3,(H,20,23). The van der Waals surface area contributed by atoms with Gasteiger partial charge in [-0.05, 0) is 42.8 Å². The zero-order valence-electron chi connectivity index (χ0n) is 13.6. The van der Waals surface area contributed by atoms with Gasteiger partial charge in [0.2, 0.25) is 0 Å². The first-order valence-electron chi connectivity index (χ1n) is 7.83. The third kappa shape index (κ3) is 3.71. The Hall–Kier alpha value is -3.09. The summed E-state index contributed by atoms with van der Waals surface area (Å²) >= 11 is 0. The van der Waals surface area contributed by atoms with Crippen LogP contribution in [0.4, 0.5) is 20.6 Å². The quantitative estimate of drug-likeness (QED) is 0.845. The molecule has 1 aliphatic heterocycles. The van der Waals surface area contributed by atoms with Crippen LogP contribution in [-0.2, 0) is 16.1 Å². The zero-order valence-corrected chi connectivity index (χ0v) is 13.6. The van der Waals surface area contributed by atoms with Crippen molar-refractivity contribution in [3.05, 3.63) is 53.8 Å². The molecule has 0 bridgehead atoms. The van der Waals surface area contributed by atoms with Crippen LogP contribution in [0.1, 0.15) is 12.5 Å². The molecule has 7 heteroatoms. The Morgan fingerprint density at radius 1 is 1.28 bits per heavy atom. The fourth-order valence-corrected chi connectivity index (χ4v) is 2.58. The Morgan fingerprint density at radius 3 is 2.88 bits per heavy atom. The molecule has 2 aromatic carbocycles. The average Bonchev–Trinajstić information content (AvgIpc) is 2.60. The number of nitrogens with one attached hydrogen (secondary N) is 1. The molecule has 0 saturated heterocycles. The van der Waals surface area contributed by atoms with E-state index in [0.29, 0.717) is 22.7 Å². The third-order valence-electron chi connectivity index (χ3n) is 3.69. The van der Waals surface area contributed by atoms with Crippen LogP contribution in [0.15, 0.2) is 42.5 Å². The van der Waals surface area contributed by atoms with Crippen LogP contribution < -0.4 is 15.0 Å². The molecule has 0 fully saturated rings. The summed E-state index contributed by atoms with van der Waals surface area (Å²) in [5.41, 5.74) is 1.71. The van der Waals surface area contributed by atoms with Gasteiger partial charge in [-0.1, -0.05) is 12.1 Å². The highest BCUT2D eigenvalue weighted by molar-refractivity contribution is 6.05. The Labute approximate surface area is 144 Å². The molecule has 130 valence electrons. The largest absolute Gasteiger partial charge is 0.480 e. The Bertz CT molecular complexity index is 809. The molecule has 0 unspecified atom stereocenters. The number of benzene rings is 2. The number of nitrogens with zero attached hydrogens (tertiary/aromatic N) is 1. The molecule has 0 radical (unpaired) electrons. The predicted octanol–water partition coefficient (Wildman–Crippen LogP) is 3.32. The van der Waals surface area contributed by atoms with Crippen molar-refractivity contribution in [1.29, 1.82) is 0 Å². The number of para-hydroxylation sites is 2. The Morgan fingerprint density at radius 2 is 2.08 bits per heavy atom. The second-order valence-electron chi connectivity index (χ2n) is 5.38. The maximum Gasteiger partial charge on any atom is 0.344 e. The molecule has 25 heavy (non-hydrogen) atoms.